The molecular weight excluding hydrogens is 336 g/mol. The van der Waals surface area contributed by atoms with E-state index in [4.69, 9.17) is 4.52 Å². The number of rotatable bonds is 5. The van der Waals surface area contributed by atoms with E-state index in [9.17, 15) is 0 Å². The molecule has 2 heterocycles. The second-order valence-electron chi connectivity index (χ2n) is 7.11. The predicted octanol–water partition coefficient (Wildman–Crippen LogP) is 3.93. The maximum absolute atomic E-state index is 5.49. The van der Waals surface area contributed by atoms with E-state index in [1.807, 2.05) is 0 Å². The third kappa shape index (κ3) is 4.03. The fraction of sp³-hybridized carbons (Fsp3) is 0.364. The molecule has 0 radical (unpaired) electrons. The van der Waals surface area contributed by atoms with Gasteiger partial charge in [-0.2, -0.15) is 4.98 Å². The summed E-state index contributed by atoms with van der Waals surface area (Å²) in [6, 6.07) is 17.0. The van der Waals surface area contributed by atoms with Crippen molar-refractivity contribution in [3.63, 3.8) is 0 Å². The van der Waals surface area contributed by atoms with Crippen LogP contribution in [0.15, 0.2) is 53.1 Å². The normalized spacial score (nSPS) is 15.3. The molecule has 0 unspecified atom stereocenters. The van der Waals surface area contributed by atoms with Gasteiger partial charge in [-0.05, 0) is 30.5 Å². The van der Waals surface area contributed by atoms with Gasteiger partial charge < -0.3 is 9.42 Å². The average Bonchev–Trinajstić information content (AvgIpc) is 3.18. The molecule has 1 fully saturated rings. The SMILES string of the molecule is CCc1ccc(-c2noc(CN3CCN(c4ccccc4C)CC3)n2)cc1. The molecule has 5 heteroatoms. The first-order chi connectivity index (χ1) is 13.2. The summed E-state index contributed by atoms with van der Waals surface area (Å²) in [4.78, 5) is 9.43. The molecule has 2 aromatic carbocycles. The molecule has 1 aromatic heterocycles. The Kier molecular flexibility index (Phi) is 5.21. The van der Waals surface area contributed by atoms with Gasteiger partial charge in [-0.25, -0.2) is 0 Å². The zero-order valence-corrected chi connectivity index (χ0v) is 16.1. The molecule has 0 amide bonds. The second kappa shape index (κ2) is 7.92. The van der Waals surface area contributed by atoms with Crippen molar-refractivity contribution in [2.45, 2.75) is 26.8 Å². The fourth-order valence-electron chi connectivity index (χ4n) is 3.58. The van der Waals surface area contributed by atoms with E-state index in [0.717, 1.165) is 38.2 Å². The van der Waals surface area contributed by atoms with Gasteiger partial charge in [0, 0.05) is 37.4 Å². The summed E-state index contributed by atoms with van der Waals surface area (Å²) in [7, 11) is 0. The molecule has 0 saturated carbocycles. The first-order valence-electron chi connectivity index (χ1n) is 9.68. The Bertz CT molecular complexity index is 879. The Labute approximate surface area is 160 Å². The Morgan fingerprint density at radius 1 is 0.963 bits per heavy atom. The van der Waals surface area contributed by atoms with Gasteiger partial charge in [-0.3, -0.25) is 4.90 Å². The standard InChI is InChI=1S/C22H26N4O/c1-3-18-8-10-19(11-9-18)22-23-21(27-24-22)16-25-12-14-26(15-13-25)20-7-5-4-6-17(20)2/h4-11H,3,12-16H2,1-2H3. The number of para-hydroxylation sites is 1. The number of hydrogen-bond acceptors (Lipinski definition) is 5. The number of aryl methyl sites for hydroxylation is 2. The lowest BCUT2D eigenvalue weighted by Crippen LogP contribution is -2.46. The molecule has 1 saturated heterocycles. The lowest BCUT2D eigenvalue weighted by Gasteiger charge is -2.36. The minimum Gasteiger partial charge on any atom is -0.369 e. The van der Waals surface area contributed by atoms with Crippen molar-refractivity contribution in [1.29, 1.82) is 0 Å². The lowest BCUT2D eigenvalue weighted by molar-refractivity contribution is 0.215. The molecule has 4 rings (SSSR count). The number of benzene rings is 2. The molecule has 27 heavy (non-hydrogen) atoms. The van der Waals surface area contributed by atoms with Gasteiger partial charge in [0.05, 0.1) is 6.54 Å². The number of piperazine rings is 1. The zero-order chi connectivity index (χ0) is 18.6. The van der Waals surface area contributed by atoms with Gasteiger partial charge in [0.15, 0.2) is 0 Å². The predicted molar refractivity (Wildman–Crippen MR) is 108 cm³/mol. The highest BCUT2D eigenvalue weighted by molar-refractivity contribution is 5.55. The van der Waals surface area contributed by atoms with Gasteiger partial charge >= 0.3 is 0 Å². The van der Waals surface area contributed by atoms with E-state index in [-0.39, 0.29) is 0 Å². The van der Waals surface area contributed by atoms with Gasteiger partial charge in [0.25, 0.3) is 0 Å². The average molecular weight is 362 g/mol. The molecule has 140 valence electrons. The maximum Gasteiger partial charge on any atom is 0.241 e. The Balaban J connectivity index is 1.35. The first-order valence-corrected chi connectivity index (χ1v) is 9.68. The van der Waals surface area contributed by atoms with Crippen LogP contribution in [0.5, 0.6) is 0 Å². The molecule has 1 aliphatic rings. The second-order valence-corrected chi connectivity index (χ2v) is 7.11. The van der Waals surface area contributed by atoms with Gasteiger partial charge in [-0.15, -0.1) is 0 Å². The summed E-state index contributed by atoms with van der Waals surface area (Å²) < 4.78 is 5.49. The summed E-state index contributed by atoms with van der Waals surface area (Å²) in [5.74, 6) is 1.36. The Morgan fingerprint density at radius 3 is 2.41 bits per heavy atom. The molecule has 5 nitrogen and oxygen atoms in total. The summed E-state index contributed by atoms with van der Waals surface area (Å²) in [6.07, 6.45) is 1.03. The summed E-state index contributed by atoms with van der Waals surface area (Å²) >= 11 is 0. The molecule has 1 aliphatic heterocycles. The van der Waals surface area contributed by atoms with Crippen molar-refractivity contribution in [3.05, 3.63) is 65.5 Å². The smallest absolute Gasteiger partial charge is 0.241 e. The Morgan fingerprint density at radius 2 is 1.70 bits per heavy atom. The van der Waals surface area contributed by atoms with Crippen LogP contribution < -0.4 is 4.90 Å². The van der Waals surface area contributed by atoms with Crippen molar-refractivity contribution >= 4 is 5.69 Å². The zero-order valence-electron chi connectivity index (χ0n) is 16.1. The van der Waals surface area contributed by atoms with Crippen LogP contribution in [0.1, 0.15) is 23.9 Å². The van der Waals surface area contributed by atoms with E-state index in [0.29, 0.717) is 18.3 Å². The van der Waals surface area contributed by atoms with E-state index in [1.165, 1.54) is 16.8 Å². The van der Waals surface area contributed by atoms with Crippen molar-refractivity contribution in [2.75, 3.05) is 31.1 Å². The highest BCUT2D eigenvalue weighted by Gasteiger charge is 2.20. The van der Waals surface area contributed by atoms with Gasteiger partial charge in [-0.1, -0.05) is 54.5 Å². The van der Waals surface area contributed by atoms with Crippen LogP contribution in [-0.4, -0.2) is 41.2 Å². The van der Waals surface area contributed by atoms with Crippen LogP contribution in [0.3, 0.4) is 0 Å². The summed E-state index contributed by atoms with van der Waals surface area (Å²) in [5.41, 5.74) is 5.00. The molecule has 0 atom stereocenters. The highest BCUT2D eigenvalue weighted by atomic mass is 16.5. The van der Waals surface area contributed by atoms with E-state index in [2.05, 4.69) is 82.3 Å². The minimum atomic E-state index is 0.672. The summed E-state index contributed by atoms with van der Waals surface area (Å²) in [5, 5.41) is 4.16. The molecule has 0 N–H and O–H groups in total. The van der Waals surface area contributed by atoms with Crippen LogP contribution in [0.2, 0.25) is 0 Å². The number of anilines is 1. The largest absolute Gasteiger partial charge is 0.369 e. The lowest BCUT2D eigenvalue weighted by atomic mass is 10.1. The van der Waals surface area contributed by atoms with Crippen molar-refractivity contribution < 1.29 is 4.52 Å². The number of aromatic nitrogens is 2. The van der Waals surface area contributed by atoms with Gasteiger partial charge in [0.2, 0.25) is 11.7 Å². The molecule has 0 aliphatic carbocycles. The van der Waals surface area contributed by atoms with Crippen LogP contribution >= 0.6 is 0 Å². The van der Waals surface area contributed by atoms with Crippen LogP contribution in [0, 0.1) is 6.92 Å². The van der Waals surface area contributed by atoms with Crippen LogP contribution in [-0.2, 0) is 13.0 Å². The van der Waals surface area contributed by atoms with Crippen molar-refractivity contribution in [2.24, 2.45) is 0 Å². The molecule has 0 spiro atoms. The first kappa shape index (κ1) is 17.7. The van der Waals surface area contributed by atoms with Crippen LogP contribution in [0.4, 0.5) is 5.69 Å². The van der Waals surface area contributed by atoms with E-state index in [1.54, 1.807) is 0 Å². The quantitative estimate of drug-likeness (QED) is 0.688. The maximum atomic E-state index is 5.49. The Hall–Kier alpha value is -2.66. The van der Waals surface area contributed by atoms with Gasteiger partial charge in [0.1, 0.15) is 0 Å². The molecule has 3 aromatic rings. The third-order valence-electron chi connectivity index (χ3n) is 5.28. The van der Waals surface area contributed by atoms with Crippen molar-refractivity contribution in [1.82, 2.24) is 15.0 Å². The van der Waals surface area contributed by atoms with Crippen molar-refractivity contribution in [3.8, 4) is 11.4 Å². The van der Waals surface area contributed by atoms with Crippen LogP contribution in [0.25, 0.3) is 11.4 Å². The monoisotopic (exact) mass is 362 g/mol. The fourth-order valence-corrected chi connectivity index (χ4v) is 3.58. The topological polar surface area (TPSA) is 45.4 Å². The highest BCUT2D eigenvalue weighted by Crippen LogP contribution is 2.22. The summed E-state index contributed by atoms with van der Waals surface area (Å²) in [6.45, 7) is 9.07. The molecule has 0 bridgehead atoms. The number of hydrogen-bond donors (Lipinski definition) is 0. The molecular formula is C22H26N4O. The minimum absolute atomic E-state index is 0.672. The third-order valence-corrected chi connectivity index (χ3v) is 5.28. The van der Waals surface area contributed by atoms with E-state index < -0.39 is 0 Å². The number of nitrogens with zero attached hydrogens (tertiary/aromatic N) is 4. The van der Waals surface area contributed by atoms with E-state index >= 15 is 0 Å².